The summed E-state index contributed by atoms with van der Waals surface area (Å²) in [6.07, 6.45) is 0. The van der Waals surface area contributed by atoms with Gasteiger partial charge in [0.1, 0.15) is 0 Å². The van der Waals surface area contributed by atoms with Crippen molar-refractivity contribution in [3.63, 3.8) is 0 Å². The smallest absolute Gasteiger partial charge is 0.408 e. The minimum Gasteiger partial charge on any atom is -0.408 e. The van der Waals surface area contributed by atoms with Crippen LogP contribution in [-0.2, 0) is 11.3 Å². The number of nitrogens with zero attached hydrogens (tertiary/aromatic N) is 2. The largest absolute Gasteiger partial charge is 0.420 e. The van der Waals surface area contributed by atoms with Crippen LogP contribution in [0.3, 0.4) is 0 Å². The number of nitro groups is 1. The zero-order chi connectivity index (χ0) is 13.8. The molecule has 102 valence electrons. The monoisotopic (exact) mass is 286 g/mol. The van der Waals surface area contributed by atoms with Crippen LogP contribution in [0.4, 0.5) is 5.69 Å². The van der Waals surface area contributed by atoms with Crippen molar-refractivity contribution in [3.8, 4) is 0 Å². The maximum atomic E-state index is 11.6. The molecule has 1 aromatic carbocycles. The van der Waals surface area contributed by atoms with Crippen LogP contribution < -0.4 is 5.76 Å². The highest BCUT2D eigenvalue weighted by atomic mass is 35.5. The van der Waals surface area contributed by atoms with Crippen molar-refractivity contribution in [3.05, 3.63) is 38.9 Å². The van der Waals surface area contributed by atoms with Crippen LogP contribution in [0.1, 0.15) is 0 Å². The van der Waals surface area contributed by atoms with E-state index in [4.69, 9.17) is 20.8 Å². The Bertz CT molecular complexity index is 648. The second kappa shape index (κ2) is 5.85. The summed E-state index contributed by atoms with van der Waals surface area (Å²) in [4.78, 5) is 21.8. The minimum absolute atomic E-state index is 0.0938. The fourth-order valence-corrected chi connectivity index (χ4v) is 1.80. The minimum atomic E-state index is -0.565. The van der Waals surface area contributed by atoms with Crippen molar-refractivity contribution in [1.29, 1.82) is 0 Å². The van der Waals surface area contributed by atoms with Crippen LogP contribution in [-0.4, -0.2) is 28.6 Å². The number of benzene rings is 1. The average molecular weight is 287 g/mol. The van der Waals surface area contributed by atoms with Crippen LogP contribution in [0.25, 0.3) is 11.1 Å². The fraction of sp³-hybridized carbons (Fsp3) is 0.364. The van der Waals surface area contributed by atoms with Gasteiger partial charge in [0.05, 0.1) is 30.2 Å². The van der Waals surface area contributed by atoms with Gasteiger partial charge in [0, 0.05) is 18.0 Å². The van der Waals surface area contributed by atoms with Crippen molar-refractivity contribution in [2.24, 2.45) is 0 Å². The number of hydrogen-bond donors (Lipinski definition) is 0. The third-order valence-electron chi connectivity index (χ3n) is 2.54. The first-order chi connectivity index (χ1) is 9.13. The molecule has 0 fully saturated rings. The summed E-state index contributed by atoms with van der Waals surface area (Å²) in [5.74, 6) is -0.197. The summed E-state index contributed by atoms with van der Waals surface area (Å²) in [5.41, 5.74) is 0.602. The van der Waals surface area contributed by atoms with Gasteiger partial charge in [-0.05, 0) is 6.07 Å². The average Bonchev–Trinajstić information content (AvgIpc) is 2.70. The predicted octanol–water partition coefficient (Wildman–Crippen LogP) is 1.76. The number of rotatable bonds is 6. The summed E-state index contributed by atoms with van der Waals surface area (Å²) in [6.45, 7) is 0.917. The first-order valence-corrected chi connectivity index (χ1v) is 6.08. The zero-order valence-electron chi connectivity index (χ0n) is 9.87. The van der Waals surface area contributed by atoms with Crippen LogP contribution in [0.15, 0.2) is 27.4 Å². The van der Waals surface area contributed by atoms with E-state index in [-0.39, 0.29) is 18.8 Å². The molecule has 0 saturated carbocycles. The number of aromatic nitrogens is 1. The van der Waals surface area contributed by atoms with Gasteiger partial charge in [-0.2, -0.15) is 0 Å². The van der Waals surface area contributed by atoms with E-state index >= 15 is 0 Å². The second-order valence-corrected chi connectivity index (χ2v) is 4.11. The van der Waals surface area contributed by atoms with Gasteiger partial charge in [-0.1, -0.05) is 0 Å². The Kier molecular flexibility index (Phi) is 4.18. The highest BCUT2D eigenvalue weighted by molar-refractivity contribution is 6.17. The number of fused-ring (bicyclic) bond motifs is 1. The molecule has 0 unspecified atom stereocenters. The molecule has 0 saturated heterocycles. The zero-order valence-corrected chi connectivity index (χ0v) is 10.6. The van der Waals surface area contributed by atoms with Crippen molar-refractivity contribution in [2.75, 3.05) is 19.1 Å². The summed E-state index contributed by atoms with van der Waals surface area (Å²) < 4.78 is 11.5. The summed E-state index contributed by atoms with van der Waals surface area (Å²) in [6, 6.07) is 4.01. The van der Waals surface area contributed by atoms with Crippen molar-refractivity contribution in [2.45, 2.75) is 6.54 Å². The van der Waals surface area contributed by atoms with Crippen LogP contribution in [0.2, 0.25) is 0 Å². The van der Waals surface area contributed by atoms with E-state index in [1.807, 2.05) is 0 Å². The third-order valence-corrected chi connectivity index (χ3v) is 2.70. The van der Waals surface area contributed by atoms with Gasteiger partial charge in [-0.15, -0.1) is 11.6 Å². The molecule has 0 aliphatic heterocycles. The fourth-order valence-electron chi connectivity index (χ4n) is 1.69. The van der Waals surface area contributed by atoms with Gasteiger partial charge < -0.3 is 9.15 Å². The first-order valence-electron chi connectivity index (χ1n) is 5.55. The van der Waals surface area contributed by atoms with Gasteiger partial charge in [0.25, 0.3) is 5.69 Å². The Morgan fingerprint density at radius 3 is 2.89 bits per heavy atom. The predicted molar refractivity (Wildman–Crippen MR) is 68.7 cm³/mol. The molecular formula is C11H11ClN2O5. The van der Waals surface area contributed by atoms with Gasteiger partial charge in [-0.3, -0.25) is 14.7 Å². The summed E-state index contributed by atoms with van der Waals surface area (Å²) >= 11 is 5.46. The quantitative estimate of drug-likeness (QED) is 0.349. The number of alkyl halides is 1. The molecule has 0 aliphatic rings. The molecule has 1 heterocycles. The number of nitro benzene ring substituents is 1. The Balaban J connectivity index is 2.30. The molecule has 0 bridgehead atoms. The molecule has 8 heteroatoms. The highest BCUT2D eigenvalue weighted by Gasteiger charge is 2.13. The summed E-state index contributed by atoms with van der Waals surface area (Å²) in [7, 11) is 0. The molecular weight excluding hydrogens is 276 g/mol. The molecule has 0 N–H and O–H groups in total. The van der Waals surface area contributed by atoms with Crippen LogP contribution in [0, 0.1) is 10.1 Å². The molecule has 0 radical (unpaired) electrons. The van der Waals surface area contributed by atoms with Crippen molar-refractivity contribution in [1.82, 2.24) is 4.57 Å². The Labute approximate surface area is 112 Å². The molecule has 7 nitrogen and oxygen atoms in total. The van der Waals surface area contributed by atoms with Crippen LogP contribution >= 0.6 is 11.6 Å². The lowest BCUT2D eigenvalue weighted by atomic mass is 10.3. The van der Waals surface area contributed by atoms with E-state index in [2.05, 4.69) is 0 Å². The van der Waals surface area contributed by atoms with E-state index in [1.165, 1.54) is 22.8 Å². The van der Waals surface area contributed by atoms with Crippen molar-refractivity contribution < 1.29 is 14.1 Å². The van der Waals surface area contributed by atoms with Gasteiger partial charge >= 0.3 is 5.76 Å². The number of oxazole rings is 1. The van der Waals surface area contributed by atoms with Gasteiger partial charge in [0.15, 0.2) is 5.58 Å². The maximum absolute atomic E-state index is 11.6. The van der Waals surface area contributed by atoms with Crippen molar-refractivity contribution >= 4 is 28.4 Å². The van der Waals surface area contributed by atoms with Gasteiger partial charge in [-0.25, -0.2) is 4.79 Å². The molecule has 0 atom stereocenters. The van der Waals surface area contributed by atoms with E-state index in [0.717, 1.165) is 0 Å². The maximum Gasteiger partial charge on any atom is 0.420 e. The third kappa shape index (κ3) is 2.94. The molecule has 0 aliphatic carbocycles. The van der Waals surface area contributed by atoms with E-state index in [9.17, 15) is 14.9 Å². The standard InChI is InChI=1S/C11H11ClN2O5/c12-3-5-18-6-4-13-9-7-8(14(16)17)1-2-10(9)19-11(13)15/h1-2,7H,3-6H2. The normalized spacial score (nSPS) is 11.0. The molecule has 2 aromatic rings. The lowest BCUT2D eigenvalue weighted by molar-refractivity contribution is -0.384. The van der Waals surface area contributed by atoms with E-state index in [1.54, 1.807) is 0 Å². The number of hydrogen-bond acceptors (Lipinski definition) is 5. The topological polar surface area (TPSA) is 87.5 Å². The molecule has 0 amide bonds. The highest BCUT2D eigenvalue weighted by Crippen LogP contribution is 2.19. The Morgan fingerprint density at radius 1 is 1.42 bits per heavy atom. The molecule has 2 rings (SSSR count). The Morgan fingerprint density at radius 2 is 2.21 bits per heavy atom. The number of halogens is 1. The Hall–Kier alpha value is -1.86. The van der Waals surface area contributed by atoms with Gasteiger partial charge in [0.2, 0.25) is 0 Å². The van der Waals surface area contributed by atoms with E-state index < -0.39 is 10.7 Å². The molecule has 19 heavy (non-hydrogen) atoms. The van der Waals surface area contributed by atoms with Crippen LogP contribution in [0.5, 0.6) is 0 Å². The number of ether oxygens (including phenoxy) is 1. The first kappa shape index (κ1) is 13.6. The summed E-state index contributed by atoms with van der Waals surface area (Å²) in [5, 5.41) is 10.7. The molecule has 1 aromatic heterocycles. The SMILES string of the molecule is O=c1oc2ccc([N+](=O)[O-])cc2n1CCOCCCl. The number of non-ortho nitro benzene ring substituents is 1. The lowest BCUT2D eigenvalue weighted by Gasteiger charge is -2.02. The molecule has 0 spiro atoms. The lowest BCUT2D eigenvalue weighted by Crippen LogP contribution is -2.17. The van der Waals surface area contributed by atoms with E-state index in [0.29, 0.717) is 23.6 Å². The second-order valence-electron chi connectivity index (χ2n) is 3.73.